The highest BCUT2D eigenvalue weighted by Gasteiger charge is 2.12. The molecule has 6 heteroatoms. The van der Waals surface area contributed by atoms with Gasteiger partial charge in [0.05, 0.1) is 27.8 Å². The van der Waals surface area contributed by atoms with Crippen molar-refractivity contribution in [3.05, 3.63) is 46.7 Å². The van der Waals surface area contributed by atoms with Crippen molar-refractivity contribution in [3.63, 3.8) is 0 Å². The lowest BCUT2D eigenvalue weighted by atomic mass is 10.1. The highest BCUT2D eigenvalue weighted by atomic mass is 35.5. The van der Waals surface area contributed by atoms with Gasteiger partial charge in [0, 0.05) is 12.4 Å². The molecule has 88 valence electrons. The van der Waals surface area contributed by atoms with E-state index >= 15 is 0 Å². The van der Waals surface area contributed by atoms with Gasteiger partial charge < -0.3 is 5.73 Å². The summed E-state index contributed by atoms with van der Waals surface area (Å²) in [4.78, 5) is 18.9. The molecule has 0 radical (unpaired) electrons. The van der Waals surface area contributed by atoms with Crippen LogP contribution in [0.15, 0.2) is 30.6 Å². The fraction of sp³-hybridized carbons (Fsp3) is 0. The van der Waals surface area contributed by atoms with Crippen molar-refractivity contribution < 1.29 is 4.79 Å². The molecule has 1 amide bonds. The predicted octanol–water partition coefficient (Wildman–Crippen LogP) is 1.77. The molecule has 0 atom stereocenters. The molecule has 0 spiro atoms. The molecule has 2 N–H and O–H groups in total. The Balaban J connectivity index is 2.56. The second-order valence-corrected chi connectivity index (χ2v) is 3.84. The van der Waals surface area contributed by atoms with Gasteiger partial charge in [-0.1, -0.05) is 17.7 Å². The zero-order valence-corrected chi connectivity index (χ0v) is 9.85. The van der Waals surface area contributed by atoms with E-state index in [2.05, 4.69) is 9.97 Å². The first kappa shape index (κ1) is 12.0. The summed E-state index contributed by atoms with van der Waals surface area (Å²) < 4.78 is 0. The first-order chi connectivity index (χ1) is 8.63. The topological polar surface area (TPSA) is 92.7 Å². The van der Waals surface area contributed by atoms with Gasteiger partial charge in [-0.2, -0.15) is 5.26 Å². The van der Waals surface area contributed by atoms with Gasteiger partial charge in [0.25, 0.3) is 5.91 Å². The molecule has 0 bridgehead atoms. The summed E-state index contributed by atoms with van der Waals surface area (Å²) in [6.45, 7) is 0. The number of carbonyl (C=O) groups excluding carboxylic acids is 1. The molecule has 0 unspecified atom stereocenters. The molecule has 0 fully saturated rings. The molecule has 2 rings (SSSR count). The maximum absolute atomic E-state index is 10.9. The molecule has 0 saturated heterocycles. The van der Waals surface area contributed by atoms with E-state index in [4.69, 9.17) is 22.6 Å². The number of amides is 1. The maximum atomic E-state index is 10.9. The van der Waals surface area contributed by atoms with Crippen molar-refractivity contribution in [1.82, 2.24) is 9.97 Å². The average Bonchev–Trinajstić information content (AvgIpc) is 2.38. The van der Waals surface area contributed by atoms with Crippen LogP contribution in [0.1, 0.15) is 15.9 Å². The van der Waals surface area contributed by atoms with Crippen LogP contribution < -0.4 is 5.73 Å². The molecular weight excluding hydrogens is 252 g/mol. The molecule has 1 heterocycles. The number of hydrogen-bond acceptors (Lipinski definition) is 4. The molecular formula is C12H7ClN4O. The average molecular weight is 259 g/mol. The minimum atomic E-state index is -0.610. The molecule has 1 aromatic heterocycles. The minimum absolute atomic E-state index is 0.198. The van der Waals surface area contributed by atoms with Crippen LogP contribution in [0.4, 0.5) is 0 Å². The summed E-state index contributed by atoms with van der Waals surface area (Å²) in [5.74, 6) is -0.330. The lowest BCUT2D eigenvalue weighted by Crippen LogP contribution is -2.11. The minimum Gasteiger partial charge on any atom is -0.366 e. The highest BCUT2D eigenvalue weighted by molar-refractivity contribution is 6.33. The number of nitrogens with zero attached hydrogens (tertiary/aromatic N) is 3. The standard InChI is InChI=1S/C12H7ClN4O/c13-9-3-1-2-7(4-14)10(9)12-16-5-8(6-17-12)11(15)18/h1-3,5-6H,(H2,15,18). The van der Waals surface area contributed by atoms with Crippen LogP contribution in [0.5, 0.6) is 0 Å². The fourth-order valence-electron chi connectivity index (χ4n) is 1.43. The Kier molecular flexibility index (Phi) is 3.22. The Labute approximate surface area is 108 Å². The molecule has 0 aliphatic carbocycles. The molecule has 2 aromatic rings. The van der Waals surface area contributed by atoms with Crippen molar-refractivity contribution in [2.75, 3.05) is 0 Å². The fourth-order valence-corrected chi connectivity index (χ4v) is 1.69. The molecule has 18 heavy (non-hydrogen) atoms. The first-order valence-corrected chi connectivity index (χ1v) is 5.32. The summed E-state index contributed by atoms with van der Waals surface area (Å²) in [7, 11) is 0. The Morgan fingerprint density at radius 3 is 2.56 bits per heavy atom. The molecule has 1 aromatic carbocycles. The Morgan fingerprint density at radius 2 is 2.00 bits per heavy atom. The van der Waals surface area contributed by atoms with Gasteiger partial charge in [-0.25, -0.2) is 9.97 Å². The van der Waals surface area contributed by atoms with Crippen molar-refractivity contribution in [2.45, 2.75) is 0 Å². The smallest absolute Gasteiger partial charge is 0.251 e. The van der Waals surface area contributed by atoms with Crippen LogP contribution in [0, 0.1) is 11.3 Å². The van der Waals surface area contributed by atoms with Crippen molar-refractivity contribution >= 4 is 17.5 Å². The van der Waals surface area contributed by atoms with Gasteiger partial charge in [0.15, 0.2) is 5.82 Å². The van der Waals surface area contributed by atoms with Gasteiger partial charge >= 0.3 is 0 Å². The van der Waals surface area contributed by atoms with Crippen molar-refractivity contribution in [3.8, 4) is 17.5 Å². The number of benzene rings is 1. The highest BCUT2D eigenvalue weighted by Crippen LogP contribution is 2.28. The van der Waals surface area contributed by atoms with Crippen LogP contribution in [0.25, 0.3) is 11.4 Å². The van der Waals surface area contributed by atoms with E-state index in [1.54, 1.807) is 18.2 Å². The Bertz CT molecular complexity index is 646. The van der Waals surface area contributed by atoms with Gasteiger partial charge in [0.2, 0.25) is 0 Å². The zero-order chi connectivity index (χ0) is 13.1. The number of hydrogen-bond donors (Lipinski definition) is 1. The van der Waals surface area contributed by atoms with Gasteiger partial charge in [-0.15, -0.1) is 0 Å². The Morgan fingerprint density at radius 1 is 1.33 bits per heavy atom. The number of nitrogens with two attached hydrogens (primary N) is 1. The summed E-state index contributed by atoms with van der Waals surface area (Å²) in [6.07, 6.45) is 2.60. The molecule has 0 aliphatic rings. The lowest BCUT2D eigenvalue weighted by Gasteiger charge is -2.05. The second kappa shape index (κ2) is 4.82. The number of aromatic nitrogens is 2. The molecule has 0 aliphatic heterocycles. The van der Waals surface area contributed by atoms with E-state index in [0.717, 1.165) is 0 Å². The van der Waals surface area contributed by atoms with Crippen LogP contribution in [0.2, 0.25) is 5.02 Å². The maximum Gasteiger partial charge on any atom is 0.251 e. The van der Waals surface area contributed by atoms with Crippen molar-refractivity contribution in [2.24, 2.45) is 5.73 Å². The van der Waals surface area contributed by atoms with Gasteiger partial charge in [-0.3, -0.25) is 4.79 Å². The van der Waals surface area contributed by atoms with E-state index in [1.807, 2.05) is 6.07 Å². The number of primary amides is 1. The Hall–Kier alpha value is -2.45. The quantitative estimate of drug-likeness (QED) is 0.888. The largest absolute Gasteiger partial charge is 0.366 e. The summed E-state index contributed by atoms with van der Waals surface area (Å²) in [5, 5.41) is 9.38. The van der Waals surface area contributed by atoms with Crippen LogP contribution in [-0.4, -0.2) is 15.9 Å². The van der Waals surface area contributed by atoms with E-state index in [0.29, 0.717) is 16.1 Å². The van der Waals surface area contributed by atoms with E-state index < -0.39 is 5.91 Å². The van der Waals surface area contributed by atoms with E-state index in [9.17, 15) is 4.79 Å². The van der Waals surface area contributed by atoms with Crippen LogP contribution >= 0.6 is 11.6 Å². The number of nitriles is 1. The zero-order valence-electron chi connectivity index (χ0n) is 9.09. The van der Waals surface area contributed by atoms with Crippen LogP contribution in [-0.2, 0) is 0 Å². The normalized spacial score (nSPS) is 9.78. The van der Waals surface area contributed by atoms with E-state index in [1.165, 1.54) is 12.4 Å². The SMILES string of the molecule is N#Cc1cccc(Cl)c1-c1ncc(C(N)=O)cn1. The predicted molar refractivity (Wildman–Crippen MR) is 65.7 cm³/mol. The van der Waals surface area contributed by atoms with E-state index in [-0.39, 0.29) is 11.4 Å². The van der Waals surface area contributed by atoms with Crippen LogP contribution in [0.3, 0.4) is 0 Å². The second-order valence-electron chi connectivity index (χ2n) is 3.43. The number of carbonyl (C=O) groups is 1. The molecule has 5 nitrogen and oxygen atoms in total. The van der Waals surface area contributed by atoms with Gasteiger partial charge in [-0.05, 0) is 12.1 Å². The summed E-state index contributed by atoms with van der Waals surface area (Å²) in [6, 6.07) is 6.94. The lowest BCUT2D eigenvalue weighted by molar-refractivity contribution is 0.0999. The number of halogens is 1. The first-order valence-electron chi connectivity index (χ1n) is 4.94. The molecule has 0 saturated carbocycles. The summed E-state index contributed by atoms with van der Waals surface area (Å²) in [5.41, 5.74) is 6.10. The van der Waals surface area contributed by atoms with Gasteiger partial charge in [0.1, 0.15) is 0 Å². The third-order valence-electron chi connectivity index (χ3n) is 2.29. The summed E-state index contributed by atoms with van der Waals surface area (Å²) >= 11 is 6.02. The monoisotopic (exact) mass is 258 g/mol. The third-order valence-corrected chi connectivity index (χ3v) is 2.61. The third kappa shape index (κ3) is 2.14. The number of rotatable bonds is 2. The van der Waals surface area contributed by atoms with Crippen molar-refractivity contribution in [1.29, 1.82) is 5.26 Å².